The van der Waals surface area contributed by atoms with Crippen molar-refractivity contribution in [3.8, 4) is 0 Å². The number of nitrogens with zero attached hydrogens (tertiary/aromatic N) is 4. The van der Waals surface area contributed by atoms with E-state index < -0.39 is 5.60 Å². The van der Waals surface area contributed by atoms with Crippen LogP contribution in [0.1, 0.15) is 51.6 Å². The van der Waals surface area contributed by atoms with Crippen molar-refractivity contribution in [2.75, 3.05) is 28.6 Å². The third-order valence-corrected chi connectivity index (χ3v) is 7.04. The molecule has 2 saturated carbocycles. The molecule has 5 unspecified atom stereocenters. The van der Waals surface area contributed by atoms with Gasteiger partial charge in [0.2, 0.25) is 5.95 Å². The lowest BCUT2D eigenvalue weighted by atomic mass is 9.61. The molecule has 3 fully saturated rings. The number of rotatable bonds is 5. The van der Waals surface area contributed by atoms with Crippen molar-refractivity contribution in [2.45, 2.75) is 64.5 Å². The summed E-state index contributed by atoms with van der Waals surface area (Å²) in [5.74, 6) is 4.72. The first kappa shape index (κ1) is 19.6. The number of aromatic amines is 1. The van der Waals surface area contributed by atoms with Gasteiger partial charge in [-0.2, -0.15) is 15.1 Å². The standard InChI is InChI=1S/C22H33N7O/c1-13-7-15-9-16(12-22(3,30)11-15)20(13)26-21-24-17(23-18-8-14(2)27-28-18)10-19(25-21)29-5-4-6-29/h8,10,13,15-16,20,30H,4-7,9,11-12H2,1-3H3,(H3,23,24,25,26,27,28). The Bertz CT molecular complexity index is 905. The van der Waals surface area contributed by atoms with Crippen molar-refractivity contribution < 1.29 is 5.11 Å². The average Bonchev–Trinajstić information content (AvgIpc) is 3.00. The Morgan fingerprint density at radius 1 is 1.17 bits per heavy atom. The lowest BCUT2D eigenvalue weighted by Crippen LogP contribution is -2.50. The van der Waals surface area contributed by atoms with Crippen LogP contribution >= 0.6 is 0 Å². The number of hydrogen-bond donors (Lipinski definition) is 4. The van der Waals surface area contributed by atoms with E-state index >= 15 is 0 Å². The molecule has 8 nitrogen and oxygen atoms in total. The van der Waals surface area contributed by atoms with E-state index in [4.69, 9.17) is 9.97 Å². The van der Waals surface area contributed by atoms with Crippen molar-refractivity contribution in [1.82, 2.24) is 20.2 Å². The van der Waals surface area contributed by atoms with Crippen LogP contribution in [0.2, 0.25) is 0 Å². The van der Waals surface area contributed by atoms with Crippen molar-refractivity contribution in [2.24, 2.45) is 17.8 Å². The number of nitrogens with one attached hydrogen (secondary N) is 3. The fourth-order valence-electron chi connectivity index (χ4n) is 5.75. The second kappa shape index (κ2) is 7.41. The molecule has 2 aliphatic carbocycles. The highest BCUT2D eigenvalue weighted by molar-refractivity contribution is 5.60. The van der Waals surface area contributed by atoms with E-state index in [2.05, 4.69) is 32.7 Å². The molecular weight excluding hydrogens is 378 g/mol. The van der Waals surface area contributed by atoms with Gasteiger partial charge >= 0.3 is 0 Å². The fourth-order valence-corrected chi connectivity index (χ4v) is 5.75. The van der Waals surface area contributed by atoms with Crippen LogP contribution in [0.5, 0.6) is 0 Å². The molecule has 2 aromatic heterocycles. The van der Waals surface area contributed by atoms with Gasteiger partial charge in [-0.3, -0.25) is 5.10 Å². The van der Waals surface area contributed by atoms with E-state index in [0.717, 1.165) is 55.5 Å². The second-order valence-corrected chi connectivity index (χ2v) is 9.99. The van der Waals surface area contributed by atoms with Gasteiger partial charge in [0, 0.05) is 37.0 Å². The van der Waals surface area contributed by atoms with Crippen LogP contribution in [0.3, 0.4) is 0 Å². The highest BCUT2D eigenvalue weighted by atomic mass is 16.3. The van der Waals surface area contributed by atoms with Gasteiger partial charge in [-0.1, -0.05) is 6.92 Å². The Morgan fingerprint density at radius 2 is 2.00 bits per heavy atom. The maximum atomic E-state index is 10.7. The second-order valence-electron chi connectivity index (χ2n) is 9.99. The van der Waals surface area contributed by atoms with Crippen molar-refractivity contribution in [1.29, 1.82) is 0 Å². The normalized spacial score (nSPS) is 33.1. The lowest BCUT2D eigenvalue weighted by Gasteiger charge is -2.49. The van der Waals surface area contributed by atoms with Gasteiger partial charge in [0.1, 0.15) is 11.6 Å². The Labute approximate surface area is 177 Å². The lowest BCUT2D eigenvalue weighted by molar-refractivity contribution is -0.0502. The molecule has 162 valence electrons. The van der Waals surface area contributed by atoms with E-state index in [9.17, 15) is 5.11 Å². The van der Waals surface area contributed by atoms with Gasteiger partial charge in [-0.05, 0) is 63.7 Å². The summed E-state index contributed by atoms with van der Waals surface area (Å²) < 4.78 is 0. The van der Waals surface area contributed by atoms with Crippen LogP contribution in [-0.4, -0.2) is 50.0 Å². The minimum atomic E-state index is -0.557. The third-order valence-electron chi connectivity index (χ3n) is 7.04. The number of fused-ring (bicyclic) bond motifs is 2. The van der Waals surface area contributed by atoms with Crippen LogP contribution in [0.25, 0.3) is 0 Å². The first-order chi connectivity index (χ1) is 14.3. The van der Waals surface area contributed by atoms with E-state index in [1.165, 1.54) is 12.8 Å². The van der Waals surface area contributed by atoms with E-state index in [1.54, 1.807) is 0 Å². The molecule has 4 N–H and O–H groups in total. The van der Waals surface area contributed by atoms with Crippen molar-refractivity contribution >= 4 is 23.4 Å². The Morgan fingerprint density at radius 3 is 2.70 bits per heavy atom. The number of aryl methyl sites for hydroxylation is 1. The van der Waals surface area contributed by atoms with Gasteiger partial charge in [-0.15, -0.1) is 0 Å². The summed E-state index contributed by atoms with van der Waals surface area (Å²) in [5.41, 5.74) is 0.446. The molecule has 2 aromatic rings. The maximum absolute atomic E-state index is 10.7. The monoisotopic (exact) mass is 411 g/mol. The maximum Gasteiger partial charge on any atom is 0.226 e. The largest absolute Gasteiger partial charge is 0.390 e. The topological polar surface area (TPSA) is 102 Å². The first-order valence-corrected chi connectivity index (χ1v) is 11.3. The van der Waals surface area contributed by atoms with E-state index in [-0.39, 0.29) is 6.04 Å². The predicted octanol–water partition coefficient (Wildman–Crippen LogP) is 3.45. The van der Waals surface area contributed by atoms with Crippen LogP contribution in [-0.2, 0) is 0 Å². The minimum Gasteiger partial charge on any atom is -0.390 e. The molecule has 0 aromatic carbocycles. The fraction of sp³-hybridized carbons (Fsp3) is 0.682. The molecule has 1 saturated heterocycles. The molecule has 0 radical (unpaired) electrons. The highest BCUT2D eigenvalue weighted by Gasteiger charge is 2.45. The van der Waals surface area contributed by atoms with Crippen LogP contribution in [0.4, 0.5) is 23.4 Å². The molecule has 8 heteroatoms. The van der Waals surface area contributed by atoms with Crippen LogP contribution in [0, 0.1) is 24.7 Å². The summed E-state index contributed by atoms with van der Waals surface area (Å²) in [4.78, 5) is 11.9. The van der Waals surface area contributed by atoms with Crippen molar-refractivity contribution in [3.63, 3.8) is 0 Å². The molecule has 5 atom stereocenters. The predicted molar refractivity (Wildman–Crippen MR) is 118 cm³/mol. The highest BCUT2D eigenvalue weighted by Crippen LogP contribution is 2.47. The number of aliphatic hydroxyl groups is 1. The summed E-state index contributed by atoms with van der Waals surface area (Å²) in [7, 11) is 0. The number of anilines is 4. The molecule has 3 heterocycles. The molecule has 2 bridgehead atoms. The molecule has 1 aliphatic heterocycles. The van der Waals surface area contributed by atoms with E-state index in [1.807, 2.05) is 26.0 Å². The Balaban J connectivity index is 1.40. The summed E-state index contributed by atoms with van der Waals surface area (Å²) in [6.07, 6.45) is 5.30. The van der Waals surface area contributed by atoms with Crippen molar-refractivity contribution in [3.05, 3.63) is 17.8 Å². The average molecular weight is 412 g/mol. The van der Waals surface area contributed by atoms with Gasteiger partial charge in [-0.25, -0.2) is 0 Å². The Hall–Kier alpha value is -2.35. The zero-order chi connectivity index (χ0) is 20.9. The van der Waals surface area contributed by atoms with E-state index in [0.29, 0.717) is 23.7 Å². The molecule has 3 aliphatic rings. The minimum absolute atomic E-state index is 0.278. The number of H-pyrrole nitrogens is 1. The zero-order valence-corrected chi connectivity index (χ0v) is 18.1. The smallest absolute Gasteiger partial charge is 0.226 e. The molecular formula is C22H33N7O. The zero-order valence-electron chi connectivity index (χ0n) is 18.1. The number of aromatic nitrogens is 4. The summed E-state index contributed by atoms with van der Waals surface area (Å²) in [6, 6.07) is 4.24. The summed E-state index contributed by atoms with van der Waals surface area (Å²) in [6.45, 7) is 8.36. The van der Waals surface area contributed by atoms with Gasteiger partial charge < -0.3 is 20.6 Å². The quantitative estimate of drug-likeness (QED) is 0.598. The molecule has 0 spiro atoms. The van der Waals surface area contributed by atoms with Crippen LogP contribution < -0.4 is 15.5 Å². The molecule has 30 heavy (non-hydrogen) atoms. The SMILES string of the molecule is Cc1cc(Nc2cc(N3CCC3)nc(NC3C(C)CC4CC3CC(C)(O)C4)n2)n[nH]1. The van der Waals surface area contributed by atoms with Gasteiger partial charge in [0.25, 0.3) is 0 Å². The third kappa shape index (κ3) is 3.97. The molecule has 5 rings (SSSR count). The Kier molecular flexibility index (Phi) is 4.84. The number of hydrogen-bond acceptors (Lipinski definition) is 7. The molecule has 0 amide bonds. The van der Waals surface area contributed by atoms with Gasteiger partial charge in [0.15, 0.2) is 5.82 Å². The van der Waals surface area contributed by atoms with Gasteiger partial charge in [0.05, 0.1) is 5.60 Å². The first-order valence-electron chi connectivity index (χ1n) is 11.3. The summed E-state index contributed by atoms with van der Waals surface area (Å²) >= 11 is 0. The van der Waals surface area contributed by atoms with Crippen LogP contribution in [0.15, 0.2) is 12.1 Å². The summed E-state index contributed by atoms with van der Waals surface area (Å²) in [5, 5.41) is 25.0.